The van der Waals surface area contributed by atoms with Crippen molar-refractivity contribution in [3.05, 3.63) is 0 Å². The average molecular weight is 247 g/mol. The van der Waals surface area contributed by atoms with Crippen LogP contribution in [0.3, 0.4) is 0 Å². The van der Waals surface area contributed by atoms with Crippen molar-refractivity contribution in [2.75, 3.05) is 13.1 Å². The van der Waals surface area contributed by atoms with Gasteiger partial charge in [-0.3, -0.25) is 4.79 Å². The third-order valence-corrected chi connectivity index (χ3v) is 3.84. The number of hydrogen-bond acceptors (Lipinski definition) is 2. The van der Waals surface area contributed by atoms with Gasteiger partial charge in [-0.15, -0.1) is 12.4 Å². The number of amides is 1. The Morgan fingerprint density at radius 3 is 2.69 bits per heavy atom. The highest BCUT2D eigenvalue weighted by atomic mass is 35.5. The molecule has 3 nitrogen and oxygen atoms in total. The number of carbonyl (C=O) groups excluding carboxylic acids is 1. The Balaban J connectivity index is 0.00000128. The zero-order chi connectivity index (χ0) is 10.8. The summed E-state index contributed by atoms with van der Waals surface area (Å²) in [5.74, 6) is 1.79. The van der Waals surface area contributed by atoms with E-state index in [2.05, 4.69) is 24.5 Å². The van der Waals surface area contributed by atoms with E-state index in [1.165, 1.54) is 19.3 Å². The molecule has 1 saturated carbocycles. The molecule has 2 fully saturated rings. The lowest BCUT2D eigenvalue weighted by Crippen LogP contribution is -2.50. The molecule has 3 unspecified atom stereocenters. The van der Waals surface area contributed by atoms with Crippen LogP contribution < -0.4 is 10.6 Å². The van der Waals surface area contributed by atoms with E-state index in [1.807, 2.05) is 0 Å². The summed E-state index contributed by atoms with van der Waals surface area (Å²) in [6.07, 6.45) is 3.71. The molecule has 1 saturated heterocycles. The monoisotopic (exact) mass is 246 g/mol. The van der Waals surface area contributed by atoms with Crippen molar-refractivity contribution >= 4 is 18.3 Å². The quantitative estimate of drug-likeness (QED) is 0.773. The second-order valence-corrected chi connectivity index (χ2v) is 5.11. The normalized spacial score (nSPS) is 29.9. The van der Waals surface area contributed by atoms with Crippen LogP contribution in [0, 0.1) is 17.8 Å². The Kier molecular flexibility index (Phi) is 5.06. The molecule has 2 aliphatic rings. The van der Waals surface area contributed by atoms with Gasteiger partial charge in [-0.25, -0.2) is 0 Å². The lowest BCUT2D eigenvalue weighted by atomic mass is 9.88. The number of hydrogen-bond donors (Lipinski definition) is 2. The summed E-state index contributed by atoms with van der Waals surface area (Å²) in [5.41, 5.74) is 0. The molecule has 2 N–H and O–H groups in total. The molecule has 0 aromatic rings. The minimum atomic E-state index is 0. The van der Waals surface area contributed by atoms with Gasteiger partial charge in [-0.1, -0.05) is 20.3 Å². The van der Waals surface area contributed by atoms with E-state index in [1.54, 1.807) is 0 Å². The Morgan fingerprint density at radius 2 is 2.19 bits per heavy atom. The fraction of sp³-hybridized carbons (Fsp3) is 0.917. The smallest absolute Gasteiger partial charge is 0.223 e. The van der Waals surface area contributed by atoms with E-state index in [0.717, 1.165) is 19.0 Å². The molecule has 0 spiro atoms. The molecule has 0 bridgehead atoms. The summed E-state index contributed by atoms with van der Waals surface area (Å²) < 4.78 is 0. The molecule has 3 atom stereocenters. The third-order valence-electron chi connectivity index (χ3n) is 3.84. The molecule has 1 aliphatic carbocycles. The molecule has 16 heavy (non-hydrogen) atoms. The van der Waals surface area contributed by atoms with Crippen LogP contribution >= 0.6 is 12.4 Å². The number of carbonyl (C=O) groups is 1. The highest BCUT2D eigenvalue weighted by Crippen LogP contribution is 2.35. The SMILES string of the molecule is CCCC1CC1NC(=O)C(C)C1CNC1.Cl. The van der Waals surface area contributed by atoms with E-state index < -0.39 is 0 Å². The molecule has 1 heterocycles. The molecular weight excluding hydrogens is 224 g/mol. The van der Waals surface area contributed by atoms with Gasteiger partial charge in [0.25, 0.3) is 0 Å². The average Bonchev–Trinajstić information content (AvgIpc) is 2.81. The van der Waals surface area contributed by atoms with Crippen LogP contribution in [0.2, 0.25) is 0 Å². The largest absolute Gasteiger partial charge is 0.353 e. The molecule has 4 heteroatoms. The molecule has 94 valence electrons. The van der Waals surface area contributed by atoms with Gasteiger partial charge in [0, 0.05) is 12.0 Å². The lowest BCUT2D eigenvalue weighted by Gasteiger charge is -2.31. The van der Waals surface area contributed by atoms with Gasteiger partial charge in [0.1, 0.15) is 0 Å². The van der Waals surface area contributed by atoms with Crippen molar-refractivity contribution in [3.63, 3.8) is 0 Å². The maximum absolute atomic E-state index is 11.8. The van der Waals surface area contributed by atoms with E-state index >= 15 is 0 Å². The van der Waals surface area contributed by atoms with Crippen LogP contribution in [-0.4, -0.2) is 25.0 Å². The highest BCUT2D eigenvalue weighted by molar-refractivity contribution is 5.85. The standard InChI is InChI=1S/C12H22N2O.ClH/c1-3-4-9-5-11(9)14-12(15)8(2)10-6-13-7-10;/h8-11,13H,3-7H2,1-2H3,(H,14,15);1H. The van der Waals surface area contributed by atoms with Crippen LogP contribution in [0.1, 0.15) is 33.1 Å². The zero-order valence-corrected chi connectivity index (χ0v) is 11.0. The van der Waals surface area contributed by atoms with Gasteiger partial charge in [0.2, 0.25) is 5.91 Å². The second kappa shape index (κ2) is 5.87. The van der Waals surface area contributed by atoms with Gasteiger partial charge in [-0.2, -0.15) is 0 Å². The van der Waals surface area contributed by atoms with Gasteiger partial charge >= 0.3 is 0 Å². The highest BCUT2D eigenvalue weighted by Gasteiger charge is 2.39. The molecule has 1 aliphatic heterocycles. The van der Waals surface area contributed by atoms with E-state index in [9.17, 15) is 4.79 Å². The predicted octanol–water partition coefficient (Wildman–Crippen LogP) is 1.57. The molecule has 0 aromatic heterocycles. The van der Waals surface area contributed by atoms with E-state index in [0.29, 0.717) is 12.0 Å². The minimum Gasteiger partial charge on any atom is -0.353 e. The maximum Gasteiger partial charge on any atom is 0.223 e. The number of rotatable bonds is 5. The first-order valence-corrected chi connectivity index (χ1v) is 6.23. The topological polar surface area (TPSA) is 41.1 Å². The summed E-state index contributed by atoms with van der Waals surface area (Å²) in [4.78, 5) is 11.8. The first kappa shape index (κ1) is 13.8. The summed E-state index contributed by atoms with van der Waals surface area (Å²) >= 11 is 0. The van der Waals surface area contributed by atoms with Gasteiger partial charge in [-0.05, 0) is 37.8 Å². The van der Waals surface area contributed by atoms with Gasteiger partial charge in [0.15, 0.2) is 0 Å². The van der Waals surface area contributed by atoms with Gasteiger partial charge < -0.3 is 10.6 Å². The molecule has 0 aromatic carbocycles. The van der Waals surface area contributed by atoms with Crippen LogP contribution in [0.5, 0.6) is 0 Å². The van der Waals surface area contributed by atoms with Crippen molar-refractivity contribution in [3.8, 4) is 0 Å². The summed E-state index contributed by atoms with van der Waals surface area (Å²) in [5, 5.41) is 6.39. The minimum absolute atomic E-state index is 0. The number of nitrogens with one attached hydrogen (secondary N) is 2. The first-order valence-electron chi connectivity index (χ1n) is 6.23. The van der Waals surface area contributed by atoms with E-state index in [4.69, 9.17) is 0 Å². The van der Waals surface area contributed by atoms with Crippen molar-refractivity contribution in [2.45, 2.75) is 39.2 Å². The third kappa shape index (κ3) is 3.11. The Hall–Kier alpha value is -0.280. The second-order valence-electron chi connectivity index (χ2n) is 5.11. The Bertz CT molecular complexity index is 243. The van der Waals surface area contributed by atoms with Crippen molar-refractivity contribution in [2.24, 2.45) is 17.8 Å². The summed E-state index contributed by atoms with van der Waals surface area (Å²) in [6, 6.07) is 0.493. The molecule has 0 radical (unpaired) electrons. The molecule has 2 rings (SSSR count). The fourth-order valence-electron chi connectivity index (χ4n) is 2.31. The predicted molar refractivity (Wildman–Crippen MR) is 67.7 cm³/mol. The Morgan fingerprint density at radius 1 is 1.50 bits per heavy atom. The van der Waals surface area contributed by atoms with Crippen LogP contribution in [0.25, 0.3) is 0 Å². The van der Waals surface area contributed by atoms with E-state index in [-0.39, 0.29) is 24.2 Å². The maximum atomic E-state index is 11.8. The van der Waals surface area contributed by atoms with Crippen molar-refractivity contribution < 1.29 is 4.79 Å². The first-order chi connectivity index (χ1) is 7.22. The summed E-state index contributed by atoms with van der Waals surface area (Å²) in [7, 11) is 0. The molecule has 1 amide bonds. The summed E-state index contributed by atoms with van der Waals surface area (Å²) in [6.45, 7) is 6.28. The van der Waals surface area contributed by atoms with Crippen LogP contribution in [-0.2, 0) is 4.79 Å². The van der Waals surface area contributed by atoms with Crippen LogP contribution in [0.15, 0.2) is 0 Å². The fourth-order valence-corrected chi connectivity index (χ4v) is 2.31. The van der Waals surface area contributed by atoms with Crippen LogP contribution in [0.4, 0.5) is 0 Å². The lowest BCUT2D eigenvalue weighted by molar-refractivity contribution is -0.126. The van der Waals surface area contributed by atoms with Crippen molar-refractivity contribution in [1.82, 2.24) is 10.6 Å². The van der Waals surface area contributed by atoms with Crippen molar-refractivity contribution in [1.29, 1.82) is 0 Å². The zero-order valence-electron chi connectivity index (χ0n) is 10.2. The Labute approximate surface area is 104 Å². The van der Waals surface area contributed by atoms with Gasteiger partial charge in [0.05, 0.1) is 0 Å². The number of halogens is 1. The molecular formula is C12H23ClN2O.